The van der Waals surface area contributed by atoms with Crippen molar-refractivity contribution in [3.8, 4) is 0 Å². The van der Waals surface area contributed by atoms with E-state index in [9.17, 15) is 13.5 Å². The standard InChI is InChI=1S/C12H19N3O3S/c1-15(10-4-2-3-5-11(10)16)19(17,18)9-6-7-12(13)14-8-9/h6-8,10-11,16H,2-5H2,1H3,(H2,13,14). The first-order valence-electron chi connectivity index (χ1n) is 6.30. The third-order valence-corrected chi connectivity index (χ3v) is 5.46. The van der Waals surface area contributed by atoms with Crippen molar-refractivity contribution < 1.29 is 13.5 Å². The van der Waals surface area contributed by atoms with E-state index in [2.05, 4.69) is 4.98 Å². The number of nitrogen functional groups attached to an aromatic ring is 1. The third kappa shape index (κ3) is 2.88. The molecule has 7 heteroatoms. The number of nitrogens with zero attached hydrogens (tertiary/aromatic N) is 2. The second-order valence-corrected chi connectivity index (χ2v) is 6.86. The summed E-state index contributed by atoms with van der Waals surface area (Å²) < 4.78 is 26.1. The monoisotopic (exact) mass is 285 g/mol. The number of sulfonamides is 1. The molecule has 1 heterocycles. The summed E-state index contributed by atoms with van der Waals surface area (Å²) in [4.78, 5) is 3.90. The minimum Gasteiger partial charge on any atom is -0.391 e. The van der Waals surface area contributed by atoms with Crippen molar-refractivity contribution in [3.63, 3.8) is 0 Å². The molecule has 1 saturated carbocycles. The molecule has 1 aromatic rings. The number of aliphatic hydroxyl groups excluding tert-OH is 1. The van der Waals surface area contributed by atoms with Crippen molar-refractivity contribution in [1.82, 2.24) is 9.29 Å². The van der Waals surface area contributed by atoms with Crippen LogP contribution >= 0.6 is 0 Å². The Balaban J connectivity index is 2.25. The maximum atomic E-state index is 12.4. The summed E-state index contributed by atoms with van der Waals surface area (Å²) in [5.41, 5.74) is 5.45. The molecule has 1 fully saturated rings. The first kappa shape index (κ1) is 14.2. The van der Waals surface area contributed by atoms with E-state index in [1.807, 2.05) is 0 Å². The van der Waals surface area contributed by atoms with Crippen LogP contribution in [0, 0.1) is 0 Å². The average Bonchev–Trinajstić information content (AvgIpc) is 2.39. The highest BCUT2D eigenvalue weighted by molar-refractivity contribution is 7.89. The van der Waals surface area contributed by atoms with Gasteiger partial charge in [-0.2, -0.15) is 4.31 Å². The molecule has 0 amide bonds. The predicted octanol–water partition coefficient (Wildman–Crippen LogP) is 0.588. The normalized spacial score (nSPS) is 24.6. The van der Waals surface area contributed by atoms with Crippen LogP contribution in [0.1, 0.15) is 25.7 Å². The number of aliphatic hydroxyl groups is 1. The van der Waals surface area contributed by atoms with E-state index >= 15 is 0 Å². The zero-order chi connectivity index (χ0) is 14.0. The lowest BCUT2D eigenvalue weighted by molar-refractivity contribution is 0.0638. The quantitative estimate of drug-likeness (QED) is 0.847. The molecule has 0 bridgehead atoms. The van der Waals surface area contributed by atoms with Gasteiger partial charge in [0.15, 0.2) is 0 Å². The Bertz CT molecular complexity index is 530. The second-order valence-electron chi connectivity index (χ2n) is 4.86. The molecular weight excluding hydrogens is 266 g/mol. The molecule has 1 aliphatic rings. The number of nitrogens with two attached hydrogens (primary N) is 1. The van der Waals surface area contributed by atoms with E-state index in [1.165, 1.54) is 29.7 Å². The Morgan fingerprint density at radius 3 is 2.63 bits per heavy atom. The van der Waals surface area contributed by atoms with Crippen LogP contribution in [-0.4, -0.2) is 42.0 Å². The van der Waals surface area contributed by atoms with E-state index in [0.29, 0.717) is 12.8 Å². The van der Waals surface area contributed by atoms with Gasteiger partial charge in [0, 0.05) is 13.2 Å². The first-order chi connectivity index (χ1) is 8.93. The largest absolute Gasteiger partial charge is 0.391 e. The maximum Gasteiger partial charge on any atom is 0.244 e. The summed E-state index contributed by atoms with van der Waals surface area (Å²) in [5.74, 6) is 0.277. The molecule has 0 aromatic carbocycles. The number of anilines is 1. The fourth-order valence-electron chi connectivity index (χ4n) is 2.40. The summed E-state index contributed by atoms with van der Waals surface area (Å²) >= 11 is 0. The van der Waals surface area contributed by atoms with Gasteiger partial charge >= 0.3 is 0 Å². The van der Waals surface area contributed by atoms with Gasteiger partial charge in [0.05, 0.1) is 12.1 Å². The van der Waals surface area contributed by atoms with Gasteiger partial charge < -0.3 is 10.8 Å². The second kappa shape index (κ2) is 5.44. The lowest BCUT2D eigenvalue weighted by Crippen LogP contribution is -2.46. The van der Waals surface area contributed by atoms with E-state index < -0.39 is 16.1 Å². The Hall–Kier alpha value is -1.18. The molecule has 3 N–H and O–H groups in total. The fourth-order valence-corrected chi connectivity index (χ4v) is 3.77. The summed E-state index contributed by atoms with van der Waals surface area (Å²) in [7, 11) is -2.13. The molecule has 106 valence electrons. The smallest absolute Gasteiger partial charge is 0.244 e. The lowest BCUT2D eigenvalue weighted by Gasteiger charge is -2.34. The molecule has 0 aliphatic heterocycles. The molecule has 6 nitrogen and oxygen atoms in total. The first-order valence-corrected chi connectivity index (χ1v) is 7.74. The van der Waals surface area contributed by atoms with Crippen molar-refractivity contribution in [3.05, 3.63) is 18.3 Å². The van der Waals surface area contributed by atoms with Gasteiger partial charge in [0.25, 0.3) is 0 Å². The van der Waals surface area contributed by atoms with Crippen LogP contribution in [0.15, 0.2) is 23.2 Å². The van der Waals surface area contributed by atoms with Gasteiger partial charge in [-0.15, -0.1) is 0 Å². The van der Waals surface area contributed by atoms with Gasteiger partial charge in [-0.1, -0.05) is 12.8 Å². The minimum absolute atomic E-state index is 0.0990. The molecule has 2 unspecified atom stereocenters. The molecule has 19 heavy (non-hydrogen) atoms. The number of hydrogen-bond acceptors (Lipinski definition) is 5. The van der Waals surface area contributed by atoms with E-state index in [4.69, 9.17) is 5.73 Å². The van der Waals surface area contributed by atoms with Gasteiger partial charge in [-0.25, -0.2) is 13.4 Å². The highest BCUT2D eigenvalue weighted by atomic mass is 32.2. The van der Waals surface area contributed by atoms with E-state index in [1.54, 1.807) is 0 Å². The van der Waals surface area contributed by atoms with Crippen LogP contribution in [0.5, 0.6) is 0 Å². The van der Waals surface area contributed by atoms with Crippen LogP contribution < -0.4 is 5.73 Å². The number of pyridine rings is 1. The number of rotatable bonds is 3. The van der Waals surface area contributed by atoms with Crippen molar-refractivity contribution in [2.24, 2.45) is 0 Å². The summed E-state index contributed by atoms with van der Waals surface area (Å²) in [5, 5.41) is 9.95. The zero-order valence-electron chi connectivity index (χ0n) is 10.9. The van der Waals surface area contributed by atoms with Crippen LogP contribution in [-0.2, 0) is 10.0 Å². The SMILES string of the molecule is CN(C1CCCCC1O)S(=O)(=O)c1ccc(N)nc1. The van der Waals surface area contributed by atoms with E-state index in [-0.39, 0.29) is 16.8 Å². The van der Waals surface area contributed by atoms with Crippen molar-refractivity contribution in [2.75, 3.05) is 12.8 Å². The van der Waals surface area contributed by atoms with Crippen LogP contribution in [0.4, 0.5) is 5.82 Å². The van der Waals surface area contributed by atoms with Crippen LogP contribution in [0.2, 0.25) is 0 Å². The number of hydrogen-bond donors (Lipinski definition) is 2. The fraction of sp³-hybridized carbons (Fsp3) is 0.583. The summed E-state index contributed by atoms with van der Waals surface area (Å²) in [6.07, 6.45) is 3.84. The number of likely N-dealkylation sites (N-methyl/N-ethyl adjacent to an activating group) is 1. The average molecular weight is 285 g/mol. The molecule has 2 rings (SSSR count). The Morgan fingerprint density at radius 2 is 2.05 bits per heavy atom. The number of aromatic nitrogens is 1. The molecule has 0 saturated heterocycles. The van der Waals surface area contributed by atoms with Crippen LogP contribution in [0.25, 0.3) is 0 Å². The lowest BCUT2D eigenvalue weighted by atomic mass is 9.93. The highest BCUT2D eigenvalue weighted by Gasteiger charge is 2.34. The Morgan fingerprint density at radius 1 is 1.37 bits per heavy atom. The molecule has 2 atom stereocenters. The molecule has 0 radical (unpaired) electrons. The Labute approximate surface area is 113 Å². The maximum absolute atomic E-state index is 12.4. The van der Waals surface area contributed by atoms with Gasteiger partial charge in [0.1, 0.15) is 10.7 Å². The van der Waals surface area contributed by atoms with E-state index in [0.717, 1.165) is 12.8 Å². The Kier molecular flexibility index (Phi) is 4.07. The summed E-state index contributed by atoms with van der Waals surface area (Å²) in [6.45, 7) is 0. The molecule has 0 spiro atoms. The zero-order valence-corrected chi connectivity index (χ0v) is 11.7. The van der Waals surface area contributed by atoms with Gasteiger partial charge in [-0.05, 0) is 25.0 Å². The highest BCUT2D eigenvalue weighted by Crippen LogP contribution is 2.26. The van der Waals surface area contributed by atoms with Crippen molar-refractivity contribution >= 4 is 15.8 Å². The molecule has 1 aliphatic carbocycles. The van der Waals surface area contributed by atoms with Gasteiger partial charge in [-0.3, -0.25) is 0 Å². The summed E-state index contributed by atoms with van der Waals surface area (Å²) in [6, 6.07) is 2.53. The molecular formula is C12H19N3O3S. The topological polar surface area (TPSA) is 96.5 Å². The predicted molar refractivity (Wildman–Crippen MR) is 71.9 cm³/mol. The van der Waals surface area contributed by atoms with Crippen LogP contribution in [0.3, 0.4) is 0 Å². The van der Waals surface area contributed by atoms with Crippen molar-refractivity contribution in [2.45, 2.75) is 42.7 Å². The van der Waals surface area contributed by atoms with Gasteiger partial charge in [0.2, 0.25) is 10.0 Å². The van der Waals surface area contributed by atoms with Crippen molar-refractivity contribution in [1.29, 1.82) is 0 Å². The minimum atomic E-state index is -3.63. The molecule has 1 aromatic heterocycles. The third-order valence-electron chi connectivity index (χ3n) is 3.60.